The standard InChI is InChI=1S/C30H43N3O6S/c1-5-26(30(35)31-24-14-7-6-8-15-24)32(22-23-13-11-16-25(21-23)38-2)29(34)19-12-20-33(40(4,36)37)27-17-9-10-18-28(27)39-3/h9-11,13,16-18,21,24,26H,5-8,12,14-15,19-20,22H2,1-4H3,(H,31,35)/t26-/m1/s1. The van der Waals surface area contributed by atoms with Crippen molar-refractivity contribution < 1.29 is 27.5 Å². The van der Waals surface area contributed by atoms with Crippen LogP contribution >= 0.6 is 0 Å². The minimum Gasteiger partial charge on any atom is -0.497 e. The maximum Gasteiger partial charge on any atom is 0.243 e. The van der Waals surface area contributed by atoms with Crippen LogP contribution in [0.1, 0.15) is 63.9 Å². The highest BCUT2D eigenvalue weighted by Crippen LogP contribution is 2.30. The molecule has 9 nitrogen and oxygen atoms in total. The lowest BCUT2D eigenvalue weighted by Crippen LogP contribution is -2.51. The van der Waals surface area contributed by atoms with Gasteiger partial charge in [-0.1, -0.05) is 50.5 Å². The number of nitrogens with zero attached hydrogens (tertiary/aromatic N) is 2. The molecule has 0 heterocycles. The highest BCUT2D eigenvalue weighted by molar-refractivity contribution is 7.92. The molecule has 3 rings (SSSR count). The lowest BCUT2D eigenvalue weighted by Gasteiger charge is -2.33. The molecule has 2 aromatic rings. The Morgan fingerprint density at radius 3 is 2.40 bits per heavy atom. The number of nitrogens with one attached hydrogen (secondary N) is 1. The van der Waals surface area contributed by atoms with Gasteiger partial charge in [0.05, 0.1) is 26.2 Å². The van der Waals surface area contributed by atoms with E-state index in [2.05, 4.69) is 5.32 Å². The molecule has 2 aromatic carbocycles. The highest BCUT2D eigenvalue weighted by atomic mass is 32.2. The summed E-state index contributed by atoms with van der Waals surface area (Å²) >= 11 is 0. The molecule has 0 unspecified atom stereocenters. The molecule has 0 saturated heterocycles. The van der Waals surface area contributed by atoms with Crippen molar-refractivity contribution in [3.05, 3.63) is 54.1 Å². The number of carbonyl (C=O) groups is 2. The summed E-state index contributed by atoms with van der Waals surface area (Å²) in [7, 11) is -0.550. The van der Waals surface area contributed by atoms with E-state index in [1.165, 1.54) is 17.8 Å². The molecule has 2 amide bonds. The van der Waals surface area contributed by atoms with Crippen LogP contribution in [0.2, 0.25) is 0 Å². The normalized spacial score (nSPS) is 14.7. The van der Waals surface area contributed by atoms with Crippen molar-refractivity contribution in [1.29, 1.82) is 0 Å². The van der Waals surface area contributed by atoms with E-state index in [9.17, 15) is 18.0 Å². The molecule has 0 radical (unpaired) electrons. The Hall–Kier alpha value is -3.27. The fraction of sp³-hybridized carbons (Fsp3) is 0.533. The number of rotatable bonds is 14. The number of sulfonamides is 1. The van der Waals surface area contributed by atoms with Crippen LogP contribution in [-0.2, 0) is 26.2 Å². The molecule has 0 bridgehead atoms. The van der Waals surface area contributed by atoms with E-state index in [-0.39, 0.29) is 43.8 Å². The van der Waals surface area contributed by atoms with Crippen molar-refractivity contribution >= 4 is 27.5 Å². The topological polar surface area (TPSA) is 105 Å². The monoisotopic (exact) mass is 573 g/mol. The van der Waals surface area contributed by atoms with Crippen LogP contribution < -0.4 is 19.1 Å². The summed E-state index contributed by atoms with van der Waals surface area (Å²) < 4.78 is 37.3. The van der Waals surface area contributed by atoms with Gasteiger partial charge < -0.3 is 19.7 Å². The van der Waals surface area contributed by atoms with Crippen LogP contribution in [0.3, 0.4) is 0 Å². The molecule has 0 aliphatic heterocycles. The van der Waals surface area contributed by atoms with Crippen LogP contribution in [0.4, 0.5) is 5.69 Å². The SMILES string of the molecule is CC[C@H](C(=O)NC1CCCCC1)N(Cc1cccc(OC)c1)C(=O)CCCN(c1ccccc1OC)S(C)(=O)=O. The van der Waals surface area contributed by atoms with Crippen molar-refractivity contribution in [2.24, 2.45) is 0 Å². The van der Waals surface area contributed by atoms with Crippen molar-refractivity contribution in [1.82, 2.24) is 10.2 Å². The highest BCUT2D eigenvalue weighted by Gasteiger charge is 2.30. The number of benzene rings is 2. The predicted molar refractivity (Wildman–Crippen MR) is 157 cm³/mol. The summed E-state index contributed by atoms with van der Waals surface area (Å²) in [5, 5.41) is 3.18. The number of anilines is 1. The summed E-state index contributed by atoms with van der Waals surface area (Å²) in [6.07, 6.45) is 7.24. The minimum atomic E-state index is -3.63. The smallest absolute Gasteiger partial charge is 0.243 e. The summed E-state index contributed by atoms with van der Waals surface area (Å²) in [4.78, 5) is 28.8. The van der Waals surface area contributed by atoms with Gasteiger partial charge in [0.15, 0.2) is 0 Å². The van der Waals surface area contributed by atoms with Crippen LogP contribution in [0.5, 0.6) is 11.5 Å². The fourth-order valence-electron chi connectivity index (χ4n) is 5.25. The molecule has 1 aliphatic rings. The number of hydrogen-bond acceptors (Lipinski definition) is 6. The van der Waals surface area contributed by atoms with Crippen LogP contribution in [0.25, 0.3) is 0 Å². The third-order valence-corrected chi connectivity index (χ3v) is 8.51. The van der Waals surface area contributed by atoms with Gasteiger partial charge in [0.2, 0.25) is 21.8 Å². The van der Waals surface area contributed by atoms with E-state index in [4.69, 9.17) is 9.47 Å². The Kier molecular flexibility index (Phi) is 11.7. The van der Waals surface area contributed by atoms with Gasteiger partial charge in [-0.25, -0.2) is 8.42 Å². The van der Waals surface area contributed by atoms with E-state index in [1.807, 2.05) is 31.2 Å². The first-order valence-electron chi connectivity index (χ1n) is 14.0. The van der Waals surface area contributed by atoms with Crippen LogP contribution in [-0.4, -0.2) is 64.2 Å². The maximum atomic E-state index is 13.7. The lowest BCUT2D eigenvalue weighted by molar-refractivity contribution is -0.141. The molecular weight excluding hydrogens is 530 g/mol. The van der Waals surface area contributed by atoms with Crippen molar-refractivity contribution in [3.63, 3.8) is 0 Å². The first kappa shape index (κ1) is 31.3. The maximum absolute atomic E-state index is 13.7. The zero-order valence-electron chi connectivity index (χ0n) is 24.1. The lowest BCUT2D eigenvalue weighted by atomic mass is 9.95. The molecule has 1 saturated carbocycles. The Balaban J connectivity index is 1.79. The molecular formula is C30H43N3O6S. The number of hydrogen-bond donors (Lipinski definition) is 1. The van der Waals surface area contributed by atoms with E-state index >= 15 is 0 Å². The zero-order chi connectivity index (χ0) is 29.1. The summed E-state index contributed by atoms with van der Waals surface area (Å²) in [6, 6.07) is 13.8. The second-order valence-electron chi connectivity index (χ2n) is 10.3. The Morgan fingerprint density at radius 1 is 1.02 bits per heavy atom. The Morgan fingerprint density at radius 2 is 1.75 bits per heavy atom. The fourth-order valence-corrected chi connectivity index (χ4v) is 6.22. The second kappa shape index (κ2) is 14.9. The van der Waals surface area contributed by atoms with Crippen LogP contribution in [0, 0.1) is 0 Å². The molecule has 1 fully saturated rings. The summed E-state index contributed by atoms with van der Waals surface area (Å²) in [6.45, 7) is 2.25. The minimum absolute atomic E-state index is 0.0817. The van der Waals surface area contributed by atoms with Crippen LogP contribution in [0.15, 0.2) is 48.5 Å². The molecule has 1 atom stereocenters. The Bertz CT molecular complexity index is 1230. The number of amides is 2. The van der Waals surface area contributed by atoms with E-state index in [0.717, 1.165) is 37.5 Å². The molecule has 0 aromatic heterocycles. The van der Waals surface area contributed by atoms with E-state index < -0.39 is 16.1 Å². The van der Waals surface area contributed by atoms with Crippen molar-refractivity contribution in [2.45, 2.75) is 76.9 Å². The number of para-hydroxylation sites is 2. The number of methoxy groups -OCH3 is 2. The third kappa shape index (κ3) is 8.61. The average Bonchev–Trinajstić information content (AvgIpc) is 2.95. The average molecular weight is 574 g/mol. The summed E-state index contributed by atoms with van der Waals surface area (Å²) in [5.74, 6) is 0.758. The molecule has 1 N–H and O–H groups in total. The third-order valence-electron chi connectivity index (χ3n) is 7.33. The first-order valence-corrected chi connectivity index (χ1v) is 15.9. The van der Waals surface area contributed by atoms with Gasteiger partial charge in [-0.05, 0) is 55.5 Å². The van der Waals surface area contributed by atoms with Gasteiger partial charge in [-0.3, -0.25) is 13.9 Å². The largest absolute Gasteiger partial charge is 0.497 e. The van der Waals surface area contributed by atoms with Gasteiger partial charge in [-0.2, -0.15) is 0 Å². The molecule has 1 aliphatic carbocycles. The molecule has 220 valence electrons. The number of ether oxygens (including phenoxy) is 2. The first-order chi connectivity index (χ1) is 19.2. The summed E-state index contributed by atoms with van der Waals surface area (Å²) in [5.41, 5.74) is 1.27. The molecule has 10 heteroatoms. The van der Waals surface area contributed by atoms with Gasteiger partial charge in [0.1, 0.15) is 17.5 Å². The quantitative estimate of drug-likeness (QED) is 0.357. The zero-order valence-corrected chi connectivity index (χ0v) is 24.9. The van der Waals surface area contributed by atoms with Gasteiger partial charge >= 0.3 is 0 Å². The van der Waals surface area contributed by atoms with Crippen molar-refractivity contribution in [3.8, 4) is 11.5 Å². The van der Waals surface area contributed by atoms with E-state index in [1.54, 1.807) is 36.3 Å². The van der Waals surface area contributed by atoms with Gasteiger partial charge in [-0.15, -0.1) is 0 Å². The predicted octanol–water partition coefficient (Wildman–Crippen LogP) is 4.51. The van der Waals surface area contributed by atoms with E-state index in [0.29, 0.717) is 23.6 Å². The molecule has 40 heavy (non-hydrogen) atoms. The molecule has 0 spiro atoms. The number of carbonyl (C=O) groups excluding carboxylic acids is 2. The van der Waals surface area contributed by atoms with Gasteiger partial charge in [0, 0.05) is 25.6 Å². The van der Waals surface area contributed by atoms with Gasteiger partial charge in [0.25, 0.3) is 0 Å². The Labute approximate surface area is 238 Å². The second-order valence-corrected chi connectivity index (χ2v) is 12.2. The van der Waals surface area contributed by atoms with Crippen molar-refractivity contribution in [2.75, 3.05) is 31.3 Å².